The maximum Gasteiger partial charge on any atom is 0.335 e. The van der Waals surface area contributed by atoms with E-state index in [4.69, 9.17) is 5.11 Å². The van der Waals surface area contributed by atoms with E-state index in [1.807, 2.05) is 5.38 Å². The van der Waals surface area contributed by atoms with E-state index in [0.29, 0.717) is 19.6 Å². The van der Waals surface area contributed by atoms with Crippen molar-refractivity contribution >= 4 is 23.3 Å². The highest BCUT2D eigenvalue weighted by atomic mass is 32.1. The molecule has 0 saturated carbocycles. The van der Waals surface area contributed by atoms with Gasteiger partial charge in [0.05, 0.1) is 12.1 Å². The number of aromatic carboxylic acids is 1. The highest BCUT2D eigenvalue weighted by Gasteiger charge is 2.24. The van der Waals surface area contributed by atoms with Crippen LogP contribution in [-0.2, 0) is 19.6 Å². The minimum Gasteiger partial charge on any atom is -0.478 e. The second kappa shape index (κ2) is 5.53. The maximum absolute atomic E-state index is 12.1. The summed E-state index contributed by atoms with van der Waals surface area (Å²) in [5.41, 5.74) is 2.13. The number of fused-ring (bicyclic) bond motifs is 1. The summed E-state index contributed by atoms with van der Waals surface area (Å²) in [4.78, 5) is 28.8. The van der Waals surface area contributed by atoms with Gasteiger partial charge in [-0.3, -0.25) is 0 Å². The van der Waals surface area contributed by atoms with Crippen molar-refractivity contribution in [2.24, 2.45) is 0 Å². The zero-order valence-electron chi connectivity index (χ0n) is 11.1. The molecule has 1 aromatic heterocycles. The predicted octanol–water partition coefficient (Wildman–Crippen LogP) is 2.07. The number of thiazole rings is 1. The van der Waals surface area contributed by atoms with Crippen molar-refractivity contribution in [3.63, 3.8) is 0 Å². The monoisotopic (exact) mass is 303 g/mol. The third-order valence-corrected chi connectivity index (χ3v) is 4.12. The lowest BCUT2D eigenvalue weighted by molar-refractivity contribution is 0.0696. The van der Waals surface area contributed by atoms with E-state index in [1.54, 1.807) is 29.3 Å². The first-order chi connectivity index (χ1) is 10.1. The lowest BCUT2D eigenvalue weighted by atomic mass is 10.1. The summed E-state index contributed by atoms with van der Waals surface area (Å²) in [6, 6.07) is 4.80. The number of rotatable bonds is 3. The SMILES string of the molecule is O=C(O)c1ccc2c(c1)CN(C(=O)NCc1nccs1)C2. The summed E-state index contributed by atoms with van der Waals surface area (Å²) >= 11 is 1.49. The van der Waals surface area contributed by atoms with Crippen LogP contribution in [0.15, 0.2) is 29.8 Å². The fourth-order valence-electron chi connectivity index (χ4n) is 2.27. The van der Waals surface area contributed by atoms with Gasteiger partial charge in [0.25, 0.3) is 0 Å². The molecular weight excluding hydrogens is 290 g/mol. The van der Waals surface area contributed by atoms with Gasteiger partial charge < -0.3 is 15.3 Å². The topological polar surface area (TPSA) is 82.5 Å². The zero-order valence-corrected chi connectivity index (χ0v) is 11.9. The molecule has 2 N–H and O–H groups in total. The largest absolute Gasteiger partial charge is 0.478 e. The molecule has 1 aliphatic heterocycles. The van der Waals surface area contributed by atoms with E-state index in [2.05, 4.69) is 10.3 Å². The van der Waals surface area contributed by atoms with Crippen LogP contribution in [0, 0.1) is 0 Å². The number of hydrogen-bond donors (Lipinski definition) is 2. The molecule has 3 rings (SSSR count). The van der Waals surface area contributed by atoms with Crippen LogP contribution in [0.3, 0.4) is 0 Å². The standard InChI is InChI=1S/C14H13N3O3S/c18-13(19)9-1-2-10-7-17(8-11(10)5-9)14(20)16-6-12-15-3-4-21-12/h1-5H,6-8H2,(H,16,20)(H,18,19). The second-order valence-corrected chi connectivity index (χ2v) is 5.71. The molecule has 0 bridgehead atoms. The third-order valence-electron chi connectivity index (χ3n) is 3.34. The summed E-state index contributed by atoms with van der Waals surface area (Å²) in [6.07, 6.45) is 1.70. The van der Waals surface area contributed by atoms with Crippen LogP contribution in [0.5, 0.6) is 0 Å². The highest BCUT2D eigenvalue weighted by molar-refractivity contribution is 7.09. The molecule has 0 atom stereocenters. The van der Waals surface area contributed by atoms with E-state index in [1.165, 1.54) is 11.3 Å². The number of carbonyl (C=O) groups is 2. The van der Waals surface area contributed by atoms with Gasteiger partial charge in [0.15, 0.2) is 0 Å². The predicted molar refractivity (Wildman–Crippen MR) is 77.0 cm³/mol. The first-order valence-electron chi connectivity index (χ1n) is 6.40. The van der Waals surface area contributed by atoms with Crippen LogP contribution >= 0.6 is 11.3 Å². The summed E-state index contributed by atoms with van der Waals surface area (Å²) in [5, 5.41) is 14.5. The fraction of sp³-hybridized carbons (Fsp3) is 0.214. The molecule has 1 aliphatic rings. The van der Waals surface area contributed by atoms with Crippen molar-refractivity contribution in [1.29, 1.82) is 0 Å². The number of nitrogens with one attached hydrogen (secondary N) is 1. The second-order valence-electron chi connectivity index (χ2n) is 4.73. The van der Waals surface area contributed by atoms with Gasteiger partial charge >= 0.3 is 12.0 Å². The fourth-order valence-corrected chi connectivity index (χ4v) is 2.83. The zero-order chi connectivity index (χ0) is 14.8. The van der Waals surface area contributed by atoms with Gasteiger partial charge in [0.1, 0.15) is 5.01 Å². The Morgan fingerprint density at radius 2 is 2.14 bits per heavy atom. The Kier molecular flexibility index (Phi) is 3.57. The lowest BCUT2D eigenvalue weighted by Gasteiger charge is -2.15. The summed E-state index contributed by atoms with van der Waals surface area (Å²) in [7, 11) is 0. The average molecular weight is 303 g/mol. The Morgan fingerprint density at radius 1 is 1.33 bits per heavy atom. The number of carboxylic acids is 1. The minimum absolute atomic E-state index is 0.168. The molecule has 2 aromatic rings. The van der Waals surface area contributed by atoms with Crippen molar-refractivity contribution in [1.82, 2.24) is 15.2 Å². The summed E-state index contributed by atoms with van der Waals surface area (Å²) in [5.74, 6) is -0.954. The van der Waals surface area contributed by atoms with Crippen LogP contribution in [0.2, 0.25) is 0 Å². The van der Waals surface area contributed by atoms with E-state index in [9.17, 15) is 9.59 Å². The third kappa shape index (κ3) is 2.87. The lowest BCUT2D eigenvalue weighted by Crippen LogP contribution is -2.35. The normalized spacial score (nSPS) is 13.0. The number of carboxylic acid groups (broad SMARTS) is 1. The van der Waals surface area contributed by atoms with E-state index in [-0.39, 0.29) is 11.6 Å². The van der Waals surface area contributed by atoms with Gasteiger partial charge in [-0.05, 0) is 23.3 Å². The molecule has 108 valence electrons. The smallest absolute Gasteiger partial charge is 0.335 e. The van der Waals surface area contributed by atoms with E-state index < -0.39 is 5.97 Å². The summed E-state index contributed by atoms with van der Waals surface area (Å²) < 4.78 is 0. The van der Waals surface area contributed by atoms with Crippen molar-refractivity contribution in [3.05, 3.63) is 51.5 Å². The molecule has 21 heavy (non-hydrogen) atoms. The van der Waals surface area contributed by atoms with Crippen molar-refractivity contribution in [3.8, 4) is 0 Å². The molecule has 0 fully saturated rings. The molecule has 6 nitrogen and oxygen atoms in total. The van der Waals surface area contributed by atoms with Crippen LogP contribution in [0.1, 0.15) is 26.5 Å². The molecule has 0 unspecified atom stereocenters. The molecule has 1 aromatic carbocycles. The number of carbonyl (C=O) groups excluding carboxylic acids is 1. The van der Waals surface area contributed by atoms with Crippen LogP contribution < -0.4 is 5.32 Å². The van der Waals surface area contributed by atoms with Crippen LogP contribution in [0.25, 0.3) is 0 Å². The van der Waals surface area contributed by atoms with Crippen molar-refractivity contribution in [2.45, 2.75) is 19.6 Å². The molecule has 0 saturated heterocycles. The Hall–Kier alpha value is -2.41. The Balaban J connectivity index is 1.64. The number of urea groups is 1. The molecule has 7 heteroatoms. The number of aromatic nitrogens is 1. The molecule has 0 radical (unpaired) electrons. The van der Waals surface area contributed by atoms with E-state index >= 15 is 0 Å². The average Bonchev–Trinajstić information content (AvgIpc) is 3.12. The van der Waals surface area contributed by atoms with Gasteiger partial charge in [0.2, 0.25) is 0 Å². The van der Waals surface area contributed by atoms with E-state index in [0.717, 1.165) is 16.1 Å². The summed E-state index contributed by atoms with van der Waals surface area (Å²) in [6.45, 7) is 1.34. The van der Waals surface area contributed by atoms with Gasteiger partial charge in [-0.1, -0.05) is 6.07 Å². The van der Waals surface area contributed by atoms with Crippen LogP contribution in [0.4, 0.5) is 4.79 Å². The number of hydrogen-bond acceptors (Lipinski definition) is 4. The quantitative estimate of drug-likeness (QED) is 0.909. The molecule has 0 aliphatic carbocycles. The van der Waals surface area contributed by atoms with Gasteiger partial charge in [-0.2, -0.15) is 0 Å². The van der Waals surface area contributed by atoms with Gasteiger partial charge in [-0.25, -0.2) is 14.6 Å². The Labute approximate surface area is 125 Å². The van der Waals surface area contributed by atoms with Crippen LogP contribution in [-0.4, -0.2) is 27.0 Å². The number of nitrogens with zero attached hydrogens (tertiary/aromatic N) is 2. The van der Waals surface area contributed by atoms with Crippen molar-refractivity contribution < 1.29 is 14.7 Å². The molecule has 2 amide bonds. The molecule has 0 spiro atoms. The van der Waals surface area contributed by atoms with Gasteiger partial charge in [-0.15, -0.1) is 11.3 Å². The Morgan fingerprint density at radius 3 is 2.86 bits per heavy atom. The van der Waals surface area contributed by atoms with Crippen molar-refractivity contribution in [2.75, 3.05) is 0 Å². The molecular formula is C14H13N3O3S. The first kappa shape index (κ1) is 13.6. The molecule has 2 heterocycles. The van der Waals surface area contributed by atoms with Gasteiger partial charge in [0, 0.05) is 24.7 Å². The maximum atomic E-state index is 12.1. The minimum atomic E-state index is -0.954. The Bertz CT molecular complexity index is 685. The highest BCUT2D eigenvalue weighted by Crippen LogP contribution is 2.24. The number of benzene rings is 1. The number of amides is 2. The first-order valence-corrected chi connectivity index (χ1v) is 7.27.